The molecule has 4 nitrogen and oxygen atoms in total. The summed E-state index contributed by atoms with van der Waals surface area (Å²) in [5.41, 5.74) is 0.672. The van der Waals surface area contributed by atoms with Gasteiger partial charge in [0, 0.05) is 10.7 Å². The number of halogens is 1. The Bertz CT molecular complexity index is 451. The third-order valence-electron chi connectivity index (χ3n) is 1.78. The third-order valence-corrected chi connectivity index (χ3v) is 3.15. The quantitative estimate of drug-likeness (QED) is 0.629. The van der Waals surface area contributed by atoms with Gasteiger partial charge in [-0.2, -0.15) is 0 Å². The third kappa shape index (κ3) is 5.70. The highest BCUT2D eigenvalue weighted by Crippen LogP contribution is 2.15. The molecule has 0 N–H and O–H groups in total. The molecular weight excluding hydrogens is 264 g/mol. The lowest BCUT2D eigenvalue weighted by molar-refractivity contribution is -0.139. The van der Waals surface area contributed by atoms with Gasteiger partial charge in [-0.3, -0.25) is 4.79 Å². The molecule has 0 bridgehead atoms. The van der Waals surface area contributed by atoms with Gasteiger partial charge >= 0.3 is 5.97 Å². The van der Waals surface area contributed by atoms with Crippen LogP contribution in [0.1, 0.15) is 19.4 Å². The van der Waals surface area contributed by atoms with Crippen molar-refractivity contribution >= 4 is 25.7 Å². The van der Waals surface area contributed by atoms with Gasteiger partial charge in [-0.15, -0.1) is 0 Å². The SMILES string of the molecule is CC.COC(=O)Cc1ccc(S(=O)(=O)Cl)cc1. The van der Waals surface area contributed by atoms with E-state index in [1.54, 1.807) is 0 Å². The number of hydrogen-bond donors (Lipinski definition) is 0. The maximum atomic E-state index is 10.9. The van der Waals surface area contributed by atoms with Gasteiger partial charge in [0.2, 0.25) is 0 Å². The highest BCUT2D eigenvalue weighted by molar-refractivity contribution is 8.13. The van der Waals surface area contributed by atoms with Crippen LogP contribution in [0.4, 0.5) is 0 Å². The number of ether oxygens (including phenoxy) is 1. The van der Waals surface area contributed by atoms with Crippen molar-refractivity contribution in [3.8, 4) is 0 Å². The van der Waals surface area contributed by atoms with E-state index in [0.717, 1.165) is 0 Å². The molecule has 1 rings (SSSR count). The summed E-state index contributed by atoms with van der Waals surface area (Å²) in [6.45, 7) is 4.00. The fraction of sp³-hybridized carbons (Fsp3) is 0.364. The van der Waals surface area contributed by atoms with E-state index in [2.05, 4.69) is 4.74 Å². The van der Waals surface area contributed by atoms with Gasteiger partial charge in [-0.05, 0) is 17.7 Å². The van der Waals surface area contributed by atoms with Gasteiger partial charge in [-0.1, -0.05) is 26.0 Å². The van der Waals surface area contributed by atoms with Crippen molar-refractivity contribution in [1.82, 2.24) is 0 Å². The molecule has 0 aliphatic carbocycles. The molecule has 1 aromatic carbocycles. The molecule has 96 valence electrons. The number of esters is 1. The van der Waals surface area contributed by atoms with Gasteiger partial charge in [0.25, 0.3) is 9.05 Å². The van der Waals surface area contributed by atoms with Crippen LogP contribution in [-0.2, 0) is 25.0 Å². The second-order valence-corrected chi connectivity index (χ2v) is 5.40. The number of hydrogen-bond acceptors (Lipinski definition) is 4. The standard InChI is InChI=1S/C9H9ClO4S.C2H6/c1-14-9(11)6-7-2-4-8(5-3-7)15(10,12)13;1-2/h2-5H,6H2,1H3;1-2H3. The summed E-state index contributed by atoms with van der Waals surface area (Å²) >= 11 is 0. The van der Waals surface area contributed by atoms with Crippen LogP contribution in [0, 0.1) is 0 Å². The Balaban J connectivity index is 0.00000121. The zero-order valence-corrected chi connectivity index (χ0v) is 11.5. The van der Waals surface area contributed by atoms with Crippen molar-refractivity contribution in [3.63, 3.8) is 0 Å². The minimum absolute atomic E-state index is 0.0118. The molecule has 0 aromatic heterocycles. The van der Waals surface area contributed by atoms with Crippen molar-refractivity contribution in [1.29, 1.82) is 0 Å². The molecule has 6 heteroatoms. The average Bonchev–Trinajstić information content (AvgIpc) is 2.31. The van der Waals surface area contributed by atoms with Crippen molar-refractivity contribution in [2.75, 3.05) is 7.11 Å². The monoisotopic (exact) mass is 278 g/mol. The topological polar surface area (TPSA) is 60.4 Å². The number of methoxy groups -OCH3 is 1. The van der Waals surface area contributed by atoms with E-state index in [4.69, 9.17) is 10.7 Å². The van der Waals surface area contributed by atoms with Crippen LogP contribution in [0.15, 0.2) is 29.2 Å². The number of carbonyl (C=O) groups is 1. The maximum absolute atomic E-state index is 10.9. The highest BCUT2D eigenvalue weighted by atomic mass is 35.7. The molecule has 0 amide bonds. The summed E-state index contributed by atoms with van der Waals surface area (Å²) in [4.78, 5) is 10.9. The van der Waals surface area contributed by atoms with Crippen molar-refractivity contribution in [3.05, 3.63) is 29.8 Å². The summed E-state index contributed by atoms with van der Waals surface area (Å²) in [6, 6.07) is 5.74. The summed E-state index contributed by atoms with van der Waals surface area (Å²) < 4.78 is 26.3. The van der Waals surface area contributed by atoms with Crippen molar-refractivity contribution < 1.29 is 17.9 Å². The Morgan fingerprint density at radius 3 is 2.06 bits per heavy atom. The van der Waals surface area contributed by atoms with Crippen LogP contribution < -0.4 is 0 Å². The zero-order chi connectivity index (χ0) is 13.5. The second-order valence-electron chi connectivity index (χ2n) is 2.83. The predicted molar refractivity (Wildman–Crippen MR) is 66.5 cm³/mol. The van der Waals surface area contributed by atoms with E-state index in [9.17, 15) is 13.2 Å². The van der Waals surface area contributed by atoms with Crippen LogP contribution in [-0.4, -0.2) is 21.5 Å². The molecule has 1 aromatic rings. The van der Waals surface area contributed by atoms with Gasteiger partial charge in [-0.25, -0.2) is 8.42 Å². The highest BCUT2D eigenvalue weighted by Gasteiger charge is 2.09. The van der Waals surface area contributed by atoms with E-state index in [-0.39, 0.29) is 17.3 Å². The first-order valence-electron chi connectivity index (χ1n) is 5.04. The Morgan fingerprint density at radius 2 is 1.71 bits per heavy atom. The van der Waals surface area contributed by atoms with Crippen molar-refractivity contribution in [2.45, 2.75) is 25.2 Å². The molecule has 17 heavy (non-hydrogen) atoms. The average molecular weight is 279 g/mol. The molecule has 0 atom stereocenters. The minimum Gasteiger partial charge on any atom is -0.469 e. The van der Waals surface area contributed by atoms with Gasteiger partial charge < -0.3 is 4.74 Å². The van der Waals surface area contributed by atoms with E-state index in [0.29, 0.717) is 5.56 Å². The summed E-state index contributed by atoms with van der Waals surface area (Å²) in [7, 11) is 2.72. The molecule has 0 aliphatic rings. The molecule has 0 spiro atoms. The molecule has 0 unspecified atom stereocenters. The van der Waals surface area contributed by atoms with E-state index >= 15 is 0 Å². The lowest BCUT2D eigenvalue weighted by Crippen LogP contribution is -2.04. The first-order chi connectivity index (χ1) is 7.93. The molecule has 0 saturated heterocycles. The minimum atomic E-state index is -3.70. The molecule has 0 saturated carbocycles. The molecule has 0 heterocycles. The van der Waals surface area contributed by atoms with Crippen LogP contribution in [0.2, 0.25) is 0 Å². The fourth-order valence-electron chi connectivity index (χ4n) is 1.01. The normalized spacial score (nSPS) is 10.1. The van der Waals surface area contributed by atoms with Gasteiger partial charge in [0.05, 0.1) is 18.4 Å². The first kappa shape index (κ1) is 15.9. The lowest BCUT2D eigenvalue weighted by atomic mass is 10.2. The van der Waals surface area contributed by atoms with Gasteiger partial charge in [0.1, 0.15) is 0 Å². The Hall–Kier alpha value is -1.07. The Kier molecular flexibility index (Phi) is 6.83. The molecule has 0 aliphatic heterocycles. The van der Waals surface area contributed by atoms with Crippen LogP contribution in [0.5, 0.6) is 0 Å². The lowest BCUT2D eigenvalue weighted by Gasteiger charge is -2.00. The summed E-state index contributed by atoms with van der Waals surface area (Å²) in [5.74, 6) is -0.378. The molecule has 0 fully saturated rings. The van der Waals surface area contributed by atoms with Gasteiger partial charge in [0.15, 0.2) is 0 Å². The van der Waals surface area contributed by atoms with Crippen LogP contribution >= 0.6 is 10.7 Å². The predicted octanol–water partition coefficient (Wildman–Crippen LogP) is 2.36. The van der Waals surface area contributed by atoms with Crippen molar-refractivity contribution in [2.24, 2.45) is 0 Å². The van der Waals surface area contributed by atoms with E-state index < -0.39 is 9.05 Å². The smallest absolute Gasteiger partial charge is 0.309 e. The number of carbonyl (C=O) groups excluding carboxylic acids is 1. The Morgan fingerprint density at radius 1 is 1.24 bits per heavy atom. The largest absolute Gasteiger partial charge is 0.469 e. The summed E-state index contributed by atoms with van der Waals surface area (Å²) in [5, 5.41) is 0. The van der Waals surface area contributed by atoms with Crippen LogP contribution in [0.25, 0.3) is 0 Å². The second kappa shape index (κ2) is 7.29. The zero-order valence-electron chi connectivity index (χ0n) is 9.94. The first-order valence-corrected chi connectivity index (χ1v) is 7.35. The number of benzene rings is 1. The maximum Gasteiger partial charge on any atom is 0.309 e. The molecule has 0 radical (unpaired) electrons. The summed E-state index contributed by atoms with van der Waals surface area (Å²) in [6.07, 6.45) is 0.110. The van der Waals surface area contributed by atoms with Crippen LogP contribution in [0.3, 0.4) is 0 Å². The Labute approximate surface area is 106 Å². The number of rotatable bonds is 3. The van der Waals surface area contributed by atoms with E-state index in [1.807, 2.05) is 13.8 Å². The molecular formula is C11H15ClO4S. The van der Waals surface area contributed by atoms with E-state index in [1.165, 1.54) is 31.4 Å². The fourth-order valence-corrected chi connectivity index (χ4v) is 1.78.